The van der Waals surface area contributed by atoms with Gasteiger partial charge in [0.25, 0.3) is 0 Å². The van der Waals surface area contributed by atoms with Gasteiger partial charge in [-0.2, -0.15) is 0 Å². The van der Waals surface area contributed by atoms with Gasteiger partial charge in [-0.05, 0) is 65.4 Å². The maximum absolute atomic E-state index is 13.3. The molecule has 0 unspecified atom stereocenters. The second-order valence-electron chi connectivity index (χ2n) is 8.70. The van der Waals surface area contributed by atoms with Crippen molar-refractivity contribution in [1.82, 2.24) is 4.90 Å². The molecule has 6 heteroatoms. The Hall–Kier alpha value is -3.67. The van der Waals surface area contributed by atoms with Crippen LogP contribution in [0.15, 0.2) is 66.7 Å². The predicted molar refractivity (Wildman–Crippen MR) is 134 cm³/mol. The molecule has 0 saturated heterocycles. The summed E-state index contributed by atoms with van der Waals surface area (Å²) in [6.45, 7) is 5.23. The molecule has 0 radical (unpaired) electrons. The molecule has 3 aromatic carbocycles. The maximum atomic E-state index is 13.3. The molecule has 6 nitrogen and oxygen atoms in total. The number of fused-ring (bicyclic) bond motifs is 1. The van der Waals surface area contributed by atoms with E-state index in [0.29, 0.717) is 30.6 Å². The van der Waals surface area contributed by atoms with Crippen molar-refractivity contribution in [3.8, 4) is 17.2 Å². The number of amides is 2. The minimum atomic E-state index is -0.281. The highest BCUT2D eigenvalue weighted by molar-refractivity contribution is 5.89. The number of nitrogens with zero attached hydrogens (tertiary/aromatic N) is 1. The van der Waals surface area contributed by atoms with Crippen molar-refractivity contribution < 1.29 is 19.0 Å². The number of para-hydroxylation sites is 1. The van der Waals surface area contributed by atoms with Crippen LogP contribution >= 0.6 is 0 Å². The Labute approximate surface area is 201 Å². The van der Waals surface area contributed by atoms with E-state index < -0.39 is 0 Å². The Morgan fingerprint density at radius 1 is 1.00 bits per heavy atom. The number of hydrogen-bond acceptors (Lipinski definition) is 4. The van der Waals surface area contributed by atoms with E-state index in [-0.39, 0.29) is 12.1 Å². The van der Waals surface area contributed by atoms with Gasteiger partial charge in [-0.1, -0.05) is 44.2 Å². The molecule has 1 aliphatic heterocycles. The highest BCUT2D eigenvalue weighted by atomic mass is 16.5. The number of urea groups is 1. The molecule has 0 fully saturated rings. The quantitative estimate of drug-likeness (QED) is 0.467. The van der Waals surface area contributed by atoms with Gasteiger partial charge in [0.05, 0.1) is 20.3 Å². The van der Waals surface area contributed by atoms with Crippen LogP contribution in [0, 0.1) is 0 Å². The molecule has 1 heterocycles. The predicted octanol–water partition coefficient (Wildman–Crippen LogP) is 6.04. The van der Waals surface area contributed by atoms with Crippen molar-refractivity contribution in [2.45, 2.75) is 32.2 Å². The van der Waals surface area contributed by atoms with E-state index in [4.69, 9.17) is 14.2 Å². The molecule has 178 valence electrons. The molecule has 0 saturated carbocycles. The first-order valence-corrected chi connectivity index (χ1v) is 11.6. The smallest absolute Gasteiger partial charge is 0.322 e. The zero-order valence-corrected chi connectivity index (χ0v) is 20.2. The summed E-state index contributed by atoms with van der Waals surface area (Å²) >= 11 is 0. The Morgan fingerprint density at radius 3 is 2.32 bits per heavy atom. The van der Waals surface area contributed by atoms with Gasteiger partial charge in [-0.3, -0.25) is 0 Å². The van der Waals surface area contributed by atoms with Crippen LogP contribution in [0.25, 0.3) is 0 Å². The molecular formula is C28H32N2O4. The molecule has 1 aliphatic rings. The molecule has 0 aromatic heterocycles. The van der Waals surface area contributed by atoms with Crippen molar-refractivity contribution in [3.63, 3.8) is 0 Å². The Morgan fingerprint density at radius 2 is 1.68 bits per heavy atom. The number of carbonyl (C=O) groups is 1. The second-order valence-corrected chi connectivity index (χ2v) is 8.70. The summed E-state index contributed by atoms with van der Waals surface area (Å²) in [6.07, 6.45) is 0.720. The first-order valence-electron chi connectivity index (χ1n) is 11.6. The van der Waals surface area contributed by atoms with Crippen LogP contribution in [0.3, 0.4) is 0 Å². The van der Waals surface area contributed by atoms with Crippen LogP contribution in [0.1, 0.15) is 42.5 Å². The second kappa shape index (κ2) is 10.5. The topological polar surface area (TPSA) is 60.0 Å². The number of benzene rings is 3. The van der Waals surface area contributed by atoms with E-state index in [0.717, 1.165) is 29.0 Å². The Balaban J connectivity index is 1.62. The number of hydrogen-bond donors (Lipinski definition) is 1. The van der Waals surface area contributed by atoms with Gasteiger partial charge in [0.1, 0.15) is 12.4 Å². The largest absolute Gasteiger partial charge is 0.493 e. The molecule has 1 atom stereocenters. The summed E-state index contributed by atoms with van der Waals surface area (Å²) in [5.74, 6) is 2.56. The van der Waals surface area contributed by atoms with Crippen molar-refractivity contribution in [2.24, 2.45) is 0 Å². The van der Waals surface area contributed by atoms with Crippen molar-refractivity contribution in [3.05, 3.63) is 83.4 Å². The lowest BCUT2D eigenvalue weighted by Gasteiger charge is -2.37. The van der Waals surface area contributed by atoms with Crippen LogP contribution in [-0.4, -0.2) is 38.3 Å². The van der Waals surface area contributed by atoms with Gasteiger partial charge in [-0.15, -0.1) is 0 Å². The summed E-state index contributed by atoms with van der Waals surface area (Å²) < 4.78 is 17.3. The Bertz CT molecular complexity index is 1110. The lowest BCUT2D eigenvalue weighted by atomic mass is 9.92. The number of anilines is 1. The highest BCUT2D eigenvalue weighted by Gasteiger charge is 2.33. The molecule has 34 heavy (non-hydrogen) atoms. The Kier molecular flexibility index (Phi) is 7.26. The lowest BCUT2D eigenvalue weighted by molar-refractivity contribution is 0.144. The average molecular weight is 461 g/mol. The van der Waals surface area contributed by atoms with Crippen LogP contribution in [0.2, 0.25) is 0 Å². The monoisotopic (exact) mass is 460 g/mol. The minimum absolute atomic E-state index is 0.157. The molecule has 3 aromatic rings. The summed E-state index contributed by atoms with van der Waals surface area (Å²) in [4.78, 5) is 15.1. The van der Waals surface area contributed by atoms with Crippen LogP contribution in [0.5, 0.6) is 17.2 Å². The third-order valence-corrected chi connectivity index (χ3v) is 6.24. The van der Waals surface area contributed by atoms with Crippen LogP contribution < -0.4 is 19.5 Å². The average Bonchev–Trinajstić information content (AvgIpc) is 2.87. The molecule has 4 rings (SSSR count). The summed E-state index contributed by atoms with van der Waals surface area (Å²) in [5, 5.41) is 3.02. The summed E-state index contributed by atoms with van der Waals surface area (Å²) in [5.41, 5.74) is 4.15. The molecule has 1 N–H and O–H groups in total. The van der Waals surface area contributed by atoms with Crippen molar-refractivity contribution in [1.29, 1.82) is 0 Å². The highest BCUT2D eigenvalue weighted by Crippen LogP contribution is 2.38. The van der Waals surface area contributed by atoms with Crippen molar-refractivity contribution >= 4 is 11.7 Å². The number of rotatable bonds is 7. The normalized spacial score (nSPS) is 15.0. The summed E-state index contributed by atoms with van der Waals surface area (Å²) in [7, 11) is 3.25. The van der Waals surface area contributed by atoms with Crippen molar-refractivity contribution in [2.75, 3.05) is 32.7 Å². The van der Waals surface area contributed by atoms with E-state index >= 15 is 0 Å². The lowest BCUT2D eigenvalue weighted by Crippen LogP contribution is -2.44. The van der Waals surface area contributed by atoms with E-state index in [1.54, 1.807) is 14.2 Å². The van der Waals surface area contributed by atoms with E-state index in [1.165, 1.54) is 5.56 Å². The zero-order valence-electron chi connectivity index (χ0n) is 20.2. The van der Waals surface area contributed by atoms with Gasteiger partial charge >= 0.3 is 6.03 Å². The fourth-order valence-electron chi connectivity index (χ4n) is 4.29. The summed E-state index contributed by atoms with van der Waals surface area (Å²) in [6, 6.07) is 21.2. The van der Waals surface area contributed by atoms with Crippen LogP contribution in [-0.2, 0) is 6.42 Å². The van der Waals surface area contributed by atoms with E-state index in [9.17, 15) is 4.79 Å². The first-order chi connectivity index (χ1) is 16.5. The molecule has 0 aliphatic carbocycles. The van der Waals surface area contributed by atoms with Gasteiger partial charge in [-0.25, -0.2) is 4.79 Å². The third-order valence-electron chi connectivity index (χ3n) is 6.24. The van der Waals surface area contributed by atoms with Gasteiger partial charge in [0, 0.05) is 12.2 Å². The standard InChI is InChI=1S/C28H32N2O4/c1-19(2)20-10-12-23(13-11-20)34-18-25-24-17-27(33-4)26(32-3)16-21(24)14-15-30(25)28(31)29-22-8-6-5-7-9-22/h5-13,16-17,19,25H,14-15,18H2,1-4H3,(H,29,31)/t25-/m0/s1. The number of ether oxygens (including phenoxy) is 3. The molecule has 0 spiro atoms. The van der Waals surface area contributed by atoms with Gasteiger partial charge < -0.3 is 24.4 Å². The number of nitrogens with one attached hydrogen (secondary N) is 1. The zero-order chi connectivity index (χ0) is 24.1. The molecule has 0 bridgehead atoms. The van der Waals surface area contributed by atoms with Gasteiger partial charge in [0.15, 0.2) is 11.5 Å². The minimum Gasteiger partial charge on any atom is -0.493 e. The SMILES string of the molecule is COc1cc2c(cc1OC)[C@H](COc1ccc(C(C)C)cc1)N(C(=O)Nc1ccccc1)CC2. The number of methoxy groups -OCH3 is 2. The molecular weight excluding hydrogens is 428 g/mol. The maximum Gasteiger partial charge on any atom is 0.322 e. The first kappa shape index (κ1) is 23.5. The van der Waals surface area contributed by atoms with Crippen LogP contribution in [0.4, 0.5) is 10.5 Å². The third kappa shape index (κ3) is 5.11. The fourth-order valence-corrected chi connectivity index (χ4v) is 4.29. The fraction of sp³-hybridized carbons (Fsp3) is 0.321. The van der Waals surface area contributed by atoms with E-state index in [2.05, 4.69) is 31.3 Å². The molecule has 2 amide bonds. The number of carbonyl (C=O) groups excluding carboxylic acids is 1. The van der Waals surface area contributed by atoms with E-state index in [1.807, 2.05) is 59.5 Å². The van der Waals surface area contributed by atoms with Gasteiger partial charge in [0.2, 0.25) is 0 Å².